The Morgan fingerprint density at radius 2 is 2.16 bits per heavy atom. The molecule has 0 aliphatic carbocycles. The molecule has 102 valence electrons. The second-order valence-corrected chi connectivity index (χ2v) is 3.49. The van der Waals surface area contributed by atoms with E-state index in [4.69, 9.17) is 0 Å². The number of phenolic OH excluding ortho intramolecular Hbond substituents is 1. The van der Waals surface area contributed by atoms with E-state index in [1.807, 2.05) is 0 Å². The largest absolute Gasteiger partial charge is 0.506 e. The average Bonchev–Trinajstić information content (AvgIpc) is 2.31. The molecule has 0 atom stereocenters. The lowest BCUT2D eigenvalue weighted by Crippen LogP contribution is -2.18. The van der Waals surface area contributed by atoms with Crippen LogP contribution in [0.3, 0.4) is 0 Å². The van der Waals surface area contributed by atoms with E-state index in [0.29, 0.717) is 0 Å². The van der Waals surface area contributed by atoms with Crippen molar-refractivity contribution in [2.24, 2.45) is 0 Å². The molecular weight excluding hydrogens is 256 g/mol. The number of benzene rings is 1. The topological polar surface area (TPSA) is 119 Å². The lowest BCUT2D eigenvalue weighted by Gasteiger charge is -2.06. The first-order chi connectivity index (χ1) is 8.93. The zero-order chi connectivity index (χ0) is 14.4. The minimum absolute atomic E-state index is 0.0140. The number of anilines is 1. The highest BCUT2D eigenvalue weighted by Gasteiger charge is 2.14. The molecule has 8 heteroatoms. The van der Waals surface area contributed by atoms with Crippen LogP contribution in [0.1, 0.15) is 13.3 Å². The smallest absolute Gasteiger partial charge is 0.315 e. The molecule has 8 nitrogen and oxygen atoms in total. The van der Waals surface area contributed by atoms with E-state index in [-0.39, 0.29) is 18.0 Å². The number of hydrogen-bond acceptors (Lipinski definition) is 6. The van der Waals surface area contributed by atoms with Crippen molar-refractivity contribution in [3.8, 4) is 5.75 Å². The van der Waals surface area contributed by atoms with Crippen LogP contribution in [-0.4, -0.2) is 28.5 Å². The summed E-state index contributed by atoms with van der Waals surface area (Å²) >= 11 is 0. The predicted octanol–water partition coefficient (Wildman–Crippen LogP) is 1.19. The molecule has 0 heterocycles. The number of ether oxygens (including phenoxy) is 1. The number of nitro groups is 1. The van der Waals surface area contributed by atoms with Gasteiger partial charge in [-0.15, -0.1) is 0 Å². The third kappa shape index (κ3) is 4.26. The van der Waals surface area contributed by atoms with Gasteiger partial charge in [0.2, 0.25) is 5.91 Å². The van der Waals surface area contributed by atoms with Crippen molar-refractivity contribution in [2.75, 3.05) is 11.9 Å². The highest BCUT2D eigenvalue weighted by Crippen LogP contribution is 2.27. The summed E-state index contributed by atoms with van der Waals surface area (Å²) in [5.41, 5.74) is -0.319. The van der Waals surface area contributed by atoms with Crippen LogP contribution >= 0.6 is 0 Å². The number of non-ortho nitro benzene ring substituents is 1. The first-order valence-corrected chi connectivity index (χ1v) is 5.37. The van der Waals surface area contributed by atoms with Gasteiger partial charge in [0.25, 0.3) is 5.69 Å². The second kappa shape index (κ2) is 6.34. The molecule has 1 amide bonds. The Labute approximate surface area is 108 Å². The predicted molar refractivity (Wildman–Crippen MR) is 64.6 cm³/mol. The van der Waals surface area contributed by atoms with Gasteiger partial charge < -0.3 is 15.2 Å². The number of amides is 1. The van der Waals surface area contributed by atoms with Gasteiger partial charge in [-0.3, -0.25) is 19.7 Å². The number of carbonyl (C=O) groups excluding carboxylic acids is 2. The molecule has 0 aromatic heterocycles. The minimum atomic E-state index is -0.693. The Bertz CT molecular complexity index is 514. The zero-order valence-electron chi connectivity index (χ0n) is 10.1. The van der Waals surface area contributed by atoms with Crippen LogP contribution in [0.2, 0.25) is 0 Å². The summed E-state index contributed by atoms with van der Waals surface area (Å²) in [6.45, 7) is 1.77. The van der Waals surface area contributed by atoms with Crippen LogP contribution in [0.5, 0.6) is 5.75 Å². The SMILES string of the molecule is CCOC(=O)CC(=O)Nc1ccc([N+](=O)[O-])cc1O. The van der Waals surface area contributed by atoms with Gasteiger partial charge in [-0.1, -0.05) is 0 Å². The van der Waals surface area contributed by atoms with Crippen LogP contribution in [0.25, 0.3) is 0 Å². The maximum atomic E-state index is 11.4. The molecule has 0 aliphatic rings. The Kier molecular flexibility index (Phi) is 4.81. The van der Waals surface area contributed by atoms with Gasteiger partial charge in [-0.25, -0.2) is 0 Å². The summed E-state index contributed by atoms with van der Waals surface area (Å²) < 4.78 is 4.58. The summed E-state index contributed by atoms with van der Waals surface area (Å²) in [6, 6.07) is 3.20. The third-order valence-electron chi connectivity index (χ3n) is 2.08. The van der Waals surface area contributed by atoms with Crippen molar-refractivity contribution in [3.63, 3.8) is 0 Å². The molecule has 0 fully saturated rings. The number of hydrogen-bond donors (Lipinski definition) is 2. The summed E-state index contributed by atoms with van der Waals surface area (Å²) in [6.07, 6.45) is -0.496. The summed E-state index contributed by atoms with van der Waals surface area (Å²) in [4.78, 5) is 32.2. The third-order valence-corrected chi connectivity index (χ3v) is 2.08. The fourth-order valence-corrected chi connectivity index (χ4v) is 1.28. The number of nitrogens with one attached hydrogen (secondary N) is 1. The number of aromatic hydroxyl groups is 1. The molecule has 0 saturated carbocycles. The van der Waals surface area contributed by atoms with Gasteiger partial charge in [0, 0.05) is 6.07 Å². The highest BCUT2D eigenvalue weighted by atomic mass is 16.6. The first-order valence-electron chi connectivity index (χ1n) is 5.37. The molecule has 1 aromatic carbocycles. The van der Waals surface area contributed by atoms with Crippen molar-refractivity contribution < 1.29 is 24.4 Å². The minimum Gasteiger partial charge on any atom is -0.506 e. The number of phenols is 1. The van der Waals surface area contributed by atoms with E-state index in [0.717, 1.165) is 12.1 Å². The molecule has 0 aliphatic heterocycles. The fourth-order valence-electron chi connectivity index (χ4n) is 1.28. The van der Waals surface area contributed by atoms with E-state index in [1.165, 1.54) is 6.07 Å². The van der Waals surface area contributed by atoms with Crippen LogP contribution in [0, 0.1) is 10.1 Å². The van der Waals surface area contributed by atoms with Crippen LogP contribution in [0.4, 0.5) is 11.4 Å². The standard InChI is InChI=1S/C11H12N2O6/c1-2-19-11(16)6-10(15)12-8-4-3-7(13(17)18)5-9(8)14/h3-5,14H,2,6H2,1H3,(H,12,15). The first kappa shape index (κ1) is 14.4. The number of nitrogens with zero attached hydrogens (tertiary/aromatic N) is 1. The van der Waals surface area contributed by atoms with Gasteiger partial charge in [0.05, 0.1) is 23.3 Å². The molecular formula is C11H12N2O6. The molecule has 0 unspecified atom stereocenters. The molecule has 2 N–H and O–H groups in total. The van der Waals surface area contributed by atoms with Gasteiger partial charge in [-0.05, 0) is 13.0 Å². The molecule has 0 radical (unpaired) electrons. The average molecular weight is 268 g/mol. The maximum absolute atomic E-state index is 11.4. The number of esters is 1. The molecule has 1 rings (SSSR count). The maximum Gasteiger partial charge on any atom is 0.315 e. The Hall–Kier alpha value is -2.64. The highest BCUT2D eigenvalue weighted by molar-refractivity contribution is 6.02. The summed E-state index contributed by atoms with van der Waals surface area (Å²) in [7, 11) is 0. The van der Waals surface area contributed by atoms with Crippen LogP contribution in [-0.2, 0) is 14.3 Å². The Morgan fingerprint density at radius 1 is 1.47 bits per heavy atom. The monoisotopic (exact) mass is 268 g/mol. The molecule has 19 heavy (non-hydrogen) atoms. The van der Waals surface area contributed by atoms with Gasteiger partial charge in [-0.2, -0.15) is 0 Å². The zero-order valence-corrected chi connectivity index (χ0v) is 10.1. The molecule has 0 saturated heterocycles. The van der Waals surface area contributed by atoms with E-state index in [2.05, 4.69) is 10.1 Å². The summed E-state index contributed by atoms with van der Waals surface area (Å²) in [5, 5.41) is 22.2. The van der Waals surface area contributed by atoms with Crippen molar-refractivity contribution >= 4 is 23.3 Å². The van der Waals surface area contributed by atoms with Crippen molar-refractivity contribution in [3.05, 3.63) is 28.3 Å². The van der Waals surface area contributed by atoms with Crippen molar-refractivity contribution in [2.45, 2.75) is 13.3 Å². The molecule has 0 spiro atoms. The van der Waals surface area contributed by atoms with Gasteiger partial charge in [0.15, 0.2) is 0 Å². The second-order valence-electron chi connectivity index (χ2n) is 3.49. The van der Waals surface area contributed by atoms with E-state index < -0.39 is 29.0 Å². The van der Waals surface area contributed by atoms with Crippen molar-refractivity contribution in [1.29, 1.82) is 0 Å². The normalized spacial score (nSPS) is 9.74. The molecule has 1 aromatic rings. The Morgan fingerprint density at radius 3 is 2.68 bits per heavy atom. The fraction of sp³-hybridized carbons (Fsp3) is 0.273. The summed E-state index contributed by atoms with van der Waals surface area (Å²) in [5.74, 6) is -1.82. The lowest BCUT2D eigenvalue weighted by molar-refractivity contribution is -0.384. The van der Waals surface area contributed by atoms with E-state index >= 15 is 0 Å². The number of carbonyl (C=O) groups is 2. The van der Waals surface area contributed by atoms with Crippen molar-refractivity contribution in [1.82, 2.24) is 0 Å². The van der Waals surface area contributed by atoms with Crippen LogP contribution < -0.4 is 5.32 Å². The quantitative estimate of drug-likeness (QED) is 0.272. The number of rotatable bonds is 5. The van der Waals surface area contributed by atoms with E-state index in [9.17, 15) is 24.8 Å². The van der Waals surface area contributed by atoms with Crippen LogP contribution in [0.15, 0.2) is 18.2 Å². The van der Waals surface area contributed by atoms with E-state index in [1.54, 1.807) is 6.92 Å². The Balaban J connectivity index is 2.69. The number of nitro benzene ring substituents is 1. The van der Waals surface area contributed by atoms with Gasteiger partial charge in [0.1, 0.15) is 12.2 Å². The van der Waals surface area contributed by atoms with Gasteiger partial charge >= 0.3 is 5.97 Å². The lowest BCUT2D eigenvalue weighted by atomic mass is 10.2. The molecule has 0 bridgehead atoms.